The van der Waals surface area contributed by atoms with Crippen LogP contribution in [-0.2, 0) is 0 Å². The van der Waals surface area contributed by atoms with Gasteiger partial charge in [0.2, 0.25) is 0 Å². The molecule has 0 aliphatic heterocycles. The third-order valence-corrected chi connectivity index (χ3v) is 0. The summed E-state index contributed by atoms with van der Waals surface area (Å²) >= 11 is 5.30. The Morgan fingerprint density at radius 1 is 0.933 bits per heavy atom. The van der Waals surface area contributed by atoms with Gasteiger partial charge in [0.25, 0.3) is 0 Å². The molecule has 0 saturated heterocycles. The summed E-state index contributed by atoms with van der Waals surface area (Å²) in [7, 11) is 0. The smallest absolute Gasteiger partial charge is 1.00 e. The molecule has 0 bridgehead atoms. The van der Waals surface area contributed by atoms with Gasteiger partial charge in [-0.25, -0.2) is 0 Å². The van der Waals surface area contributed by atoms with Crippen molar-refractivity contribution in [3.63, 3.8) is 0 Å². The molecule has 4 radical (unpaired) electrons. The van der Waals surface area contributed by atoms with Crippen molar-refractivity contribution in [2.75, 3.05) is 0 Å². The van der Waals surface area contributed by atoms with Crippen molar-refractivity contribution in [3.05, 3.63) is 32.7 Å². The summed E-state index contributed by atoms with van der Waals surface area (Å²) < 4.78 is 0. The van der Waals surface area contributed by atoms with Crippen LogP contribution in [0.5, 0.6) is 0 Å². The van der Waals surface area contributed by atoms with Crippen molar-refractivity contribution >= 4 is 45.6 Å². The fourth-order valence-electron chi connectivity index (χ4n) is 0. The zero-order valence-electron chi connectivity index (χ0n) is 10.7. The van der Waals surface area contributed by atoms with Crippen LogP contribution in [0.2, 0.25) is 0 Å². The summed E-state index contributed by atoms with van der Waals surface area (Å²) in [6.45, 7) is 22.5. The largest absolute Gasteiger partial charge is 1.00 e. The van der Waals surface area contributed by atoms with E-state index in [1.165, 1.54) is 0 Å². The predicted molar refractivity (Wildman–Crippen MR) is 92.5 cm³/mol. The molecule has 0 atom stereocenters. The molecule has 0 aromatic rings. The topological polar surface area (TPSA) is 0 Å². The second kappa shape index (κ2) is 76.3. The van der Waals surface area contributed by atoms with Crippen LogP contribution in [0.1, 0.15) is 34.6 Å². The van der Waals surface area contributed by atoms with E-state index in [0.717, 1.165) is 5.92 Å². The van der Waals surface area contributed by atoms with Crippen molar-refractivity contribution < 1.29 is 13.3 Å². The maximum absolute atomic E-state index is 3.00. The summed E-state index contributed by atoms with van der Waals surface area (Å²) in [6, 6.07) is 0. The van der Waals surface area contributed by atoms with Crippen LogP contribution in [0.4, 0.5) is 0 Å². The minimum atomic E-state index is 0. The number of hydrogen-bond acceptors (Lipinski definition) is 0. The van der Waals surface area contributed by atoms with E-state index in [1.807, 2.05) is 20.3 Å². The summed E-state index contributed by atoms with van der Waals surface area (Å²) in [4.78, 5) is 0. The Bertz CT molecular complexity index is 46.3. The van der Waals surface area contributed by atoms with Gasteiger partial charge in [0, 0.05) is 0 Å². The molecule has 0 spiro atoms. The quantitative estimate of drug-likeness (QED) is 0.189. The Morgan fingerprint density at radius 3 is 0.933 bits per heavy atom. The third kappa shape index (κ3) is 1120. The van der Waals surface area contributed by atoms with Gasteiger partial charge in [-0.15, -0.1) is 26.3 Å². The average molecular weight is 549 g/mol. The van der Waals surface area contributed by atoms with Gasteiger partial charge in [-0.05, 0) is 5.92 Å². The second-order valence-electron chi connectivity index (χ2n) is 2.36. The zero-order valence-corrected chi connectivity index (χ0v) is 17.2. The number of rotatable bonds is 0. The van der Waals surface area contributed by atoms with Gasteiger partial charge in [0.15, 0.2) is 0 Å². The molecule has 4 heteroatoms. The van der Waals surface area contributed by atoms with Crippen LogP contribution in [-0.4, -0.2) is 8.41 Å². The van der Waals surface area contributed by atoms with E-state index in [-0.39, 0.29) is 8.41 Å². The van der Waals surface area contributed by atoms with Gasteiger partial charge >= 0.3 is 50.5 Å². The molecule has 0 heterocycles. The molecule has 0 rings (SSSR count). The summed E-state index contributed by atoms with van der Waals surface area (Å²) in [5.41, 5.74) is 0. The van der Waals surface area contributed by atoms with Crippen LogP contribution >= 0.6 is 37.2 Å². The van der Waals surface area contributed by atoms with Gasteiger partial charge < -0.3 is 8.41 Å². The molecule has 0 aromatic carbocycles. The maximum Gasteiger partial charge on any atom is -1.00 e. The summed E-state index contributed by atoms with van der Waals surface area (Å²) in [6.07, 6.45) is 2.00. The molecule has 0 amide bonds. The van der Waals surface area contributed by atoms with Crippen LogP contribution in [0, 0.1) is 12.3 Å². The average Bonchev–Trinajstić information content (AvgIpc) is 2.12. The minimum absolute atomic E-state index is 0. The Hall–Kier alpha value is 1.60. The molecule has 0 N–H and O–H groups in total. The van der Waals surface area contributed by atoms with Crippen molar-refractivity contribution in [3.8, 4) is 0 Å². The molecule has 0 aliphatic rings. The van der Waals surface area contributed by atoms with Crippen molar-refractivity contribution in [1.29, 1.82) is 0 Å². The van der Waals surface area contributed by atoms with Crippen LogP contribution in [0.15, 0.2) is 26.3 Å². The summed E-state index contributed by atoms with van der Waals surface area (Å²) in [5.74, 6) is 0.833. The van der Waals surface area contributed by atoms with E-state index < -0.39 is 0 Å². The van der Waals surface area contributed by atoms with Gasteiger partial charge in [-0.1, -0.05) is 20.8 Å². The van der Waals surface area contributed by atoms with E-state index >= 15 is 0 Å². The molecule has 0 saturated carbocycles. The molecular formula is C11H25BI3-. The molecule has 0 nitrogen and oxygen atoms in total. The van der Waals surface area contributed by atoms with Crippen molar-refractivity contribution in [2.24, 2.45) is 5.92 Å². The SMILES string of the molecule is C=C.C=C.CC(C)C.C[CH+]C.I[I-]I.[B-]. The van der Waals surface area contributed by atoms with Crippen molar-refractivity contribution in [2.45, 2.75) is 34.6 Å². The molecule has 0 fully saturated rings. The number of halogens is 3. The first-order valence-electron chi connectivity index (χ1n) is 4.17. The first-order chi connectivity index (χ1) is 6.56. The minimum Gasteiger partial charge on any atom is -1.00 e. The van der Waals surface area contributed by atoms with E-state index in [0.29, 0.717) is 13.3 Å². The van der Waals surface area contributed by atoms with E-state index in [1.54, 1.807) is 0 Å². The fraction of sp³-hybridized carbons (Fsp3) is 0.545. The molecule has 0 aromatic heterocycles. The van der Waals surface area contributed by atoms with Crippen LogP contribution in [0.3, 0.4) is 0 Å². The number of hydrogen-bond donors (Lipinski definition) is 0. The molecule has 0 unspecified atom stereocenters. The van der Waals surface area contributed by atoms with Crippen LogP contribution < -0.4 is 13.3 Å². The Kier molecular flexibility index (Phi) is 183. The monoisotopic (exact) mass is 549 g/mol. The Balaban J connectivity index is -0.0000000171. The van der Waals surface area contributed by atoms with E-state index in [9.17, 15) is 0 Å². The predicted octanol–water partition coefficient (Wildman–Crippen LogP) is 2.89. The van der Waals surface area contributed by atoms with Gasteiger partial charge in [-0.3, -0.25) is 0 Å². The van der Waals surface area contributed by atoms with Crippen molar-refractivity contribution in [1.82, 2.24) is 0 Å². The standard InChI is InChI=1S/C4H10.C3H7.2C2H4.B.I3/c1-4(2)3;1-3-2;2*1-2;;1-3-2/h4H,1-3H3;3H,1-2H3;2*1-2H2;;/q;+1;;;2*-1. The zero-order chi connectivity index (χ0) is 13.0. The second-order valence-corrected chi connectivity index (χ2v) is 18.6. The Labute approximate surface area is 130 Å². The molecule has 15 heavy (non-hydrogen) atoms. The first kappa shape index (κ1) is 36.0. The third-order valence-electron chi connectivity index (χ3n) is 0. The first-order valence-corrected chi connectivity index (χ1v) is 16.7. The fourth-order valence-corrected chi connectivity index (χ4v) is 0. The Morgan fingerprint density at radius 2 is 0.933 bits per heavy atom. The van der Waals surface area contributed by atoms with E-state index in [4.69, 9.17) is 0 Å². The normalized spacial score (nSPS) is 5.33. The molecule has 0 aliphatic carbocycles. The van der Waals surface area contributed by atoms with Gasteiger partial charge in [-0.2, -0.15) is 0 Å². The van der Waals surface area contributed by atoms with E-state index in [2.05, 4.69) is 84.3 Å². The maximum atomic E-state index is 3.00. The summed E-state index contributed by atoms with van der Waals surface area (Å²) in [5, 5.41) is 0. The van der Waals surface area contributed by atoms with Crippen LogP contribution in [0.25, 0.3) is 0 Å². The van der Waals surface area contributed by atoms with Gasteiger partial charge in [0.05, 0.1) is 20.3 Å². The molecular weight excluding hydrogens is 524 g/mol. The van der Waals surface area contributed by atoms with Gasteiger partial charge in [0.1, 0.15) is 0 Å². The molecule has 94 valence electrons.